The number of amides is 1. The number of carbonyl (C=O) groups excluding carboxylic acids is 1. The van der Waals surface area contributed by atoms with E-state index < -0.39 is 6.10 Å². The first-order valence-corrected chi connectivity index (χ1v) is 11.5. The molecule has 0 radical (unpaired) electrons. The SMILES string of the molecule is C[C@@H](O)CN1CCc2cc3c(cc2C1=O)nc(-c1cc2ccccc2n1CC1CC1)n3C. The maximum Gasteiger partial charge on any atom is 0.254 e. The van der Waals surface area contributed by atoms with E-state index in [1.54, 1.807) is 11.8 Å². The Morgan fingerprint density at radius 1 is 1.16 bits per heavy atom. The molecule has 1 fully saturated rings. The van der Waals surface area contributed by atoms with Gasteiger partial charge in [-0.3, -0.25) is 4.79 Å². The number of aromatic nitrogens is 3. The molecular formula is C26H28N4O2. The Kier molecular flexibility index (Phi) is 4.40. The molecule has 6 rings (SSSR count). The molecule has 4 aromatic rings. The summed E-state index contributed by atoms with van der Waals surface area (Å²) in [4.78, 5) is 19.8. The van der Waals surface area contributed by atoms with E-state index in [-0.39, 0.29) is 5.91 Å². The van der Waals surface area contributed by atoms with Gasteiger partial charge >= 0.3 is 0 Å². The van der Waals surface area contributed by atoms with Gasteiger partial charge in [0.2, 0.25) is 0 Å². The lowest BCUT2D eigenvalue weighted by atomic mass is 9.98. The molecule has 1 amide bonds. The van der Waals surface area contributed by atoms with E-state index in [9.17, 15) is 9.90 Å². The topological polar surface area (TPSA) is 63.3 Å². The molecule has 0 spiro atoms. The van der Waals surface area contributed by atoms with E-state index in [1.807, 2.05) is 6.07 Å². The summed E-state index contributed by atoms with van der Waals surface area (Å²) >= 11 is 0. The van der Waals surface area contributed by atoms with Crippen LogP contribution in [-0.4, -0.2) is 49.2 Å². The molecule has 0 saturated heterocycles. The third-order valence-corrected chi connectivity index (χ3v) is 6.94. The van der Waals surface area contributed by atoms with Crippen LogP contribution in [0.15, 0.2) is 42.5 Å². The summed E-state index contributed by atoms with van der Waals surface area (Å²) in [5.74, 6) is 1.68. The number of imidazole rings is 1. The zero-order valence-electron chi connectivity index (χ0n) is 18.6. The van der Waals surface area contributed by atoms with Crippen LogP contribution in [0.25, 0.3) is 33.5 Å². The van der Waals surface area contributed by atoms with Crippen LogP contribution in [0.4, 0.5) is 0 Å². The van der Waals surface area contributed by atoms with Crippen LogP contribution in [0.2, 0.25) is 0 Å². The number of fused-ring (bicyclic) bond motifs is 3. The smallest absolute Gasteiger partial charge is 0.254 e. The minimum absolute atomic E-state index is 0.0101. The van der Waals surface area contributed by atoms with E-state index in [4.69, 9.17) is 4.98 Å². The largest absolute Gasteiger partial charge is 0.392 e. The van der Waals surface area contributed by atoms with Crippen LogP contribution in [0.5, 0.6) is 0 Å². The summed E-state index contributed by atoms with van der Waals surface area (Å²) < 4.78 is 4.59. The summed E-state index contributed by atoms with van der Waals surface area (Å²) in [7, 11) is 2.07. The Hall–Kier alpha value is -3.12. The quantitative estimate of drug-likeness (QED) is 0.523. The molecule has 2 aromatic carbocycles. The van der Waals surface area contributed by atoms with Crippen LogP contribution in [0.3, 0.4) is 0 Å². The number of aliphatic hydroxyl groups excluding tert-OH is 1. The molecular weight excluding hydrogens is 400 g/mol. The average Bonchev–Trinajstić information content (AvgIpc) is 3.45. The van der Waals surface area contributed by atoms with Crippen molar-refractivity contribution in [2.75, 3.05) is 13.1 Å². The number of benzene rings is 2. The maximum atomic E-state index is 13.0. The molecule has 2 aromatic heterocycles. The zero-order chi connectivity index (χ0) is 22.0. The van der Waals surface area contributed by atoms with Crippen molar-refractivity contribution in [3.8, 4) is 11.5 Å². The number of hydrogen-bond donors (Lipinski definition) is 1. The van der Waals surface area contributed by atoms with Crippen molar-refractivity contribution in [2.24, 2.45) is 13.0 Å². The first-order chi connectivity index (χ1) is 15.5. The Morgan fingerprint density at radius 3 is 2.75 bits per heavy atom. The summed E-state index contributed by atoms with van der Waals surface area (Å²) in [6.45, 7) is 3.75. The molecule has 1 aliphatic heterocycles. The van der Waals surface area contributed by atoms with Gasteiger partial charge in [-0.25, -0.2) is 4.98 Å². The van der Waals surface area contributed by atoms with Gasteiger partial charge in [0, 0.05) is 43.1 Å². The second kappa shape index (κ2) is 7.20. The molecule has 3 heterocycles. The summed E-state index contributed by atoms with van der Waals surface area (Å²) in [6, 6.07) is 14.9. The zero-order valence-corrected chi connectivity index (χ0v) is 18.6. The predicted molar refractivity (Wildman–Crippen MR) is 126 cm³/mol. The highest BCUT2D eigenvalue weighted by molar-refractivity contribution is 6.00. The van der Waals surface area contributed by atoms with E-state index >= 15 is 0 Å². The third kappa shape index (κ3) is 3.13. The Labute approximate surface area is 187 Å². The lowest BCUT2D eigenvalue weighted by molar-refractivity contribution is 0.0631. The molecule has 1 N–H and O–H groups in total. The lowest BCUT2D eigenvalue weighted by Gasteiger charge is -2.29. The number of para-hydroxylation sites is 1. The number of nitrogens with zero attached hydrogens (tertiary/aromatic N) is 4. The maximum absolute atomic E-state index is 13.0. The van der Waals surface area contributed by atoms with Gasteiger partial charge in [0.05, 0.1) is 22.8 Å². The molecule has 2 aliphatic rings. The van der Waals surface area contributed by atoms with E-state index in [2.05, 4.69) is 52.6 Å². The number of aryl methyl sites for hydroxylation is 1. The third-order valence-electron chi connectivity index (χ3n) is 6.94. The molecule has 1 saturated carbocycles. The first kappa shape index (κ1) is 19.6. The average molecular weight is 429 g/mol. The summed E-state index contributed by atoms with van der Waals surface area (Å²) in [6.07, 6.45) is 2.86. The molecule has 32 heavy (non-hydrogen) atoms. The van der Waals surface area contributed by atoms with Crippen molar-refractivity contribution in [1.82, 2.24) is 19.0 Å². The number of aliphatic hydroxyl groups is 1. The van der Waals surface area contributed by atoms with E-state index in [0.717, 1.165) is 47.0 Å². The fourth-order valence-electron chi connectivity index (χ4n) is 5.09. The molecule has 6 nitrogen and oxygen atoms in total. The number of β-amino-alcohol motifs (C(OH)–C–C–N with tert-alkyl or cyclic N) is 1. The van der Waals surface area contributed by atoms with Crippen molar-refractivity contribution in [3.05, 3.63) is 53.6 Å². The normalized spacial score (nSPS) is 17.3. The Morgan fingerprint density at radius 2 is 1.97 bits per heavy atom. The highest BCUT2D eigenvalue weighted by Gasteiger charge is 2.28. The van der Waals surface area contributed by atoms with Gasteiger partial charge in [-0.2, -0.15) is 0 Å². The highest BCUT2D eigenvalue weighted by atomic mass is 16.3. The highest BCUT2D eigenvalue weighted by Crippen LogP contribution is 2.37. The molecule has 0 bridgehead atoms. The minimum Gasteiger partial charge on any atom is -0.392 e. The van der Waals surface area contributed by atoms with Crippen molar-refractivity contribution < 1.29 is 9.90 Å². The second-order valence-corrected chi connectivity index (χ2v) is 9.49. The van der Waals surface area contributed by atoms with Gasteiger partial charge in [-0.1, -0.05) is 18.2 Å². The minimum atomic E-state index is -0.529. The summed E-state index contributed by atoms with van der Waals surface area (Å²) in [5, 5.41) is 11.0. The van der Waals surface area contributed by atoms with Gasteiger partial charge in [0.1, 0.15) is 0 Å². The van der Waals surface area contributed by atoms with Crippen molar-refractivity contribution in [3.63, 3.8) is 0 Å². The van der Waals surface area contributed by atoms with Crippen molar-refractivity contribution in [1.29, 1.82) is 0 Å². The fourth-order valence-corrected chi connectivity index (χ4v) is 5.09. The van der Waals surface area contributed by atoms with Crippen molar-refractivity contribution in [2.45, 2.75) is 38.8 Å². The van der Waals surface area contributed by atoms with Gasteiger partial charge in [0.25, 0.3) is 5.91 Å². The molecule has 1 aliphatic carbocycles. The van der Waals surface area contributed by atoms with Crippen LogP contribution in [0.1, 0.15) is 35.7 Å². The lowest BCUT2D eigenvalue weighted by Crippen LogP contribution is -2.41. The Balaban J connectivity index is 1.48. The monoisotopic (exact) mass is 428 g/mol. The Bertz CT molecular complexity index is 1360. The van der Waals surface area contributed by atoms with Gasteiger partial charge in [-0.15, -0.1) is 0 Å². The number of rotatable bonds is 5. The van der Waals surface area contributed by atoms with E-state index in [0.29, 0.717) is 18.7 Å². The standard InChI is InChI=1S/C26H28N4O2/c1-16(31)14-29-10-9-18-11-23-21(13-20(18)26(29)32)27-25(28(23)2)24-12-19-5-3-4-6-22(19)30(24)15-17-7-8-17/h3-6,11-13,16-17,31H,7-10,14-15H2,1-2H3/t16-/m1/s1. The first-order valence-electron chi connectivity index (χ1n) is 11.5. The van der Waals surface area contributed by atoms with Crippen LogP contribution < -0.4 is 0 Å². The molecule has 164 valence electrons. The second-order valence-electron chi connectivity index (χ2n) is 9.49. The van der Waals surface area contributed by atoms with Gasteiger partial charge in [0.15, 0.2) is 5.82 Å². The fraction of sp³-hybridized carbons (Fsp3) is 0.385. The van der Waals surface area contributed by atoms with Crippen LogP contribution in [0, 0.1) is 5.92 Å². The summed E-state index contributed by atoms with van der Waals surface area (Å²) in [5.41, 5.74) is 6.07. The van der Waals surface area contributed by atoms with Crippen LogP contribution in [-0.2, 0) is 20.0 Å². The number of carbonyl (C=O) groups is 1. The van der Waals surface area contributed by atoms with Gasteiger partial charge in [-0.05, 0) is 61.9 Å². The predicted octanol–water partition coefficient (Wildman–Crippen LogP) is 3.98. The van der Waals surface area contributed by atoms with Gasteiger partial charge < -0.3 is 19.1 Å². The van der Waals surface area contributed by atoms with Crippen molar-refractivity contribution >= 4 is 27.8 Å². The molecule has 6 heteroatoms. The number of hydrogen-bond acceptors (Lipinski definition) is 3. The molecule has 1 atom stereocenters. The van der Waals surface area contributed by atoms with Crippen LogP contribution >= 0.6 is 0 Å². The van der Waals surface area contributed by atoms with E-state index in [1.165, 1.54) is 23.7 Å². The molecule has 0 unspecified atom stereocenters.